The first-order valence-corrected chi connectivity index (χ1v) is 17.8. The number of rotatable bonds is 5. The average Bonchev–Trinajstić information content (AvgIpc) is 3.44. The summed E-state index contributed by atoms with van der Waals surface area (Å²) in [5.41, 5.74) is 12.3. The third-order valence-corrected chi connectivity index (χ3v) is 11.3. The molecule has 0 saturated heterocycles. The quantitative estimate of drug-likeness (QED) is 0.146. The van der Waals surface area contributed by atoms with Crippen molar-refractivity contribution < 1.29 is 9.68 Å². The number of aromatic hydroxyl groups is 1. The fourth-order valence-corrected chi connectivity index (χ4v) is 8.85. The predicted octanol–water partition coefficient (Wildman–Crippen LogP) is 11.0. The molecule has 1 aliphatic carbocycles. The van der Waals surface area contributed by atoms with E-state index in [0.29, 0.717) is 0 Å². The van der Waals surface area contributed by atoms with Gasteiger partial charge in [-0.3, -0.25) is 0 Å². The summed E-state index contributed by atoms with van der Waals surface area (Å²) in [6.45, 7) is 9.41. The van der Waals surface area contributed by atoms with Crippen molar-refractivity contribution in [1.29, 1.82) is 0 Å². The normalized spacial score (nSPS) is 19.8. The minimum absolute atomic E-state index is 0.151. The van der Waals surface area contributed by atoms with E-state index in [1.54, 1.807) is 12.1 Å². The Labute approximate surface area is 296 Å². The number of likely N-dealkylation sites (N-methyl/N-ethyl adjacent to an activating group) is 1. The molecule has 250 valence electrons. The number of hydrogen-bond donors (Lipinski definition) is 2. The van der Waals surface area contributed by atoms with Crippen LogP contribution in [0.5, 0.6) is 5.75 Å². The van der Waals surface area contributed by atoms with Crippen molar-refractivity contribution in [3.63, 3.8) is 0 Å². The molecular weight excluding hydrogens is 611 g/mol. The Balaban J connectivity index is 1.21. The summed E-state index contributed by atoms with van der Waals surface area (Å²) in [4.78, 5) is 2.37. The zero-order valence-electron chi connectivity index (χ0n) is 30.0. The molecule has 0 radical (unpaired) electrons. The molecule has 4 heteroatoms. The van der Waals surface area contributed by atoms with Crippen LogP contribution in [0.1, 0.15) is 58.1 Å². The number of phenols is 1. The molecular formula is C46H46N3O+. The SMILES string of the molecule is CN1/C(=C/C=C2\CCCC(/C=C/C3=[N+](C)c4ccc5ccccc5c4C3(C)C)=C2Nc2ccc(O)cc2)C(C)(C)c2c1ccc1ccccc21. The third-order valence-electron chi connectivity index (χ3n) is 11.3. The Morgan fingerprint density at radius 1 is 0.720 bits per heavy atom. The molecule has 0 amide bonds. The smallest absolute Gasteiger partial charge is 0.210 e. The zero-order chi connectivity index (χ0) is 34.8. The van der Waals surface area contributed by atoms with E-state index in [4.69, 9.17) is 0 Å². The number of fused-ring (bicyclic) bond motifs is 6. The first-order chi connectivity index (χ1) is 24.1. The van der Waals surface area contributed by atoms with Crippen LogP contribution in [0.2, 0.25) is 0 Å². The number of nitrogens with zero attached hydrogens (tertiary/aromatic N) is 2. The maximum atomic E-state index is 10.0. The van der Waals surface area contributed by atoms with Crippen LogP contribution in [-0.4, -0.2) is 29.5 Å². The summed E-state index contributed by atoms with van der Waals surface area (Å²) in [6, 6.07) is 33.9. The zero-order valence-corrected chi connectivity index (χ0v) is 30.0. The predicted molar refractivity (Wildman–Crippen MR) is 211 cm³/mol. The molecule has 50 heavy (non-hydrogen) atoms. The van der Waals surface area contributed by atoms with Crippen molar-refractivity contribution in [2.45, 2.75) is 57.8 Å². The topological polar surface area (TPSA) is 38.5 Å². The largest absolute Gasteiger partial charge is 0.508 e. The van der Waals surface area contributed by atoms with Gasteiger partial charge >= 0.3 is 0 Å². The van der Waals surface area contributed by atoms with E-state index in [9.17, 15) is 5.11 Å². The van der Waals surface area contributed by atoms with Crippen molar-refractivity contribution in [2.75, 3.05) is 24.3 Å². The molecule has 0 saturated carbocycles. The first kappa shape index (κ1) is 31.9. The Morgan fingerprint density at radius 2 is 1.38 bits per heavy atom. The van der Waals surface area contributed by atoms with Gasteiger partial charge in [-0.1, -0.05) is 80.6 Å². The highest BCUT2D eigenvalue weighted by atomic mass is 16.3. The monoisotopic (exact) mass is 656 g/mol. The molecule has 4 nitrogen and oxygen atoms in total. The Morgan fingerprint density at radius 3 is 2.10 bits per heavy atom. The number of benzene rings is 5. The van der Waals surface area contributed by atoms with Crippen LogP contribution in [0.15, 0.2) is 144 Å². The number of allylic oxidation sites excluding steroid dienone is 7. The maximum Gasteiger partial charge on any atom is 0.210 e. The lowest BCUT2D eigenvalue weighted by atomic mass is 9.78. The molecule has 0 spiro atoms. The van der Waals surface area contributed by atoms with Crippen LogP contribution >= 0.6 is 0 Å². The second-order valence-electron chi connectivity index (χ2n) is 15.1. The molecule has 2 heterocycles. The highest BCUT2D eigenvalue weighted by Crippen LogP contribution is 2.50. The van der Waals surface area contributed by atoms with Gasteiger partial charge in [-0.2, -0.15) is 4.58 Å². The van der Waals surface area contributed by atoms with Gasteiger partial charge in [-0.25, -0.2) is 0 Å². The van der Waals surface area contributed by atoms with Gasteiger partial charge in [0.15, 0.2) is 5.71 Å². The van der Waals surface area contributed by atoms with E-state index in [-0.39, 0.29) is 16.6 Å². The van der Waals surface area contributed by atoms with Crippen LogP contribution in [-0.2, 0) is 10.8 Å². The molecule has 8 rings (SSSR count). The Kier molecular flexibility index (Phi) is 7.60. The molecule has 3 aliphatic rings. The average molecular weight is 657 g/mol. The van der Waals surface area contributed by atoms with Crippen LogP contribution in [0.4, 0.5) is 17.1 Å². The van der Waals surface area contributed by atoms with Crippen LogP contribution in [0, 0.1) is 0 Å². The highest BCUT2D eigenvalue weighted by Gasteiger charge is 2.44. The minimum atomic E-state index is -0.151. The third kappa shape index (κ3) is 5.08. The van der Waals surface area contributed by atoms with Crippen molar-refractivity contribution in [2.24, 2.45) is 0 Å². The minimum Gasteiger partial charge on any atom is -0.508 e. The molecule has 5 aromatic carbocycles. The van der Waals surface area contributed by atoms with Crippen LogP contribution in [0.25, 0.3) is 21.5 Å². The second-order valence-corrected chi connectivity index (χ2v) is 15.1. The molecule has 0 atom stereocenters. The van der Waals surface area contributed by atoms with Crippen molar-refractivity contribution in [3.8, 4) is 5.75 Å². The molecule has 0 fully saturated rings. The molecule has 2 aliphatic heterocycles. The molecule has 0 aromatic heterocycles. The lowest BCUT2D eigenvalue weighted by Gasteiger charge is -2.26. The fourth-order valence-electron chi connectivity index (χ4n) is 8.85. The number of nitrogens with one attached hydrogen (secondary N) is 1. The van der Waals surface area contributed by atoms with Crippen LogP contribution in [0.3, 0.4) is 0 Å². The summed E-state index contributed by atoms with van der Waals surface area (Å²) in [5, 5.41) is 19.0. The van der Waals surface area contributed by atoms with Gasteiger partial charge in [0.05, 0.1) is 5.41 Å². The van der Waals surface area contributed by atoms with Gasteiger partial charge in [0, 0.05) is 52.9 Å². The summed E-state index contributed by atoms with van der Waals surface area (Å²) in [6.07, 6.45) is 12.4. The lowest BCUT2D eigenvalue weighted by Crippen LogP contribution is -2.27. The summed E-state index contributed by atoms with van der Waals surface area (Å²) in [5.74, 6) is 0.266. The van der Waals surface area contributed by atoms with Gasteiger partial charge in [0.2, 0.25) is 5.69 Å². The van der Waals surface area contributed by atoms with E-state index in [0.717, 1.165) is 30.6 Å². The number of hydrogen-bond acceptors (Lipinski definition) is 3. The van der Waals surface area contributed by atoms with Crippen molar-refractivity contribution >= 4 is 44.3 Å². The summed E-state index contributed by atoms with van der Waals surface area (Å²) >= 11 is 0. The van der Waals surface area contributed by atoms with Gasteiger partial charge < -0.3 is 15.3 Å². The fraction of sp³-hybridized carbons (Fsp3) is 0.239. The maximum absolute atomic E-state index is 10.0. The van der Waals surface area contributed by atoms with E-state index < -0.39 is 0 Å². The van der Waals surface area contributed by atoms with Gasteiger partial charge in [-0.15, -0.1) is 0 Å². The molecule has 0 bridgehead atoms. The summed E-state index contributed by atoms with van der Waals surface area (Å²) < 4.78 is 2.37. The van der Waals surface area contributed by atoms with Crippen molar-refractivity contribution in [3.05, 3.63) is 155 Å². The summed E-state index contributed by atoms with van der Waals surface area (Å²) in [7, 11) is 4.40. The van der Waals surface area contributed by atoms with E-state index in [1.165, 1.54) is 66.6 Å². The van der Waals surface area contributed by atoms with E-state index >= 15 is 0 Å². The lowest BCUT2D eigenvalue weighted by molar-refractivity contribution is -0.401. The highest BCUT2D eigenvalue weighted by molar-refractivity contribution is 6.07. The Bertz CT molecular complexity index is 2350. The molecule has 5 aromatic rings. The molecule has 0 unspecified atom stereocenters. The first-order valence-electron chi connectivity index (χ1n) is 17.8. The van der Waals surface area contributed by atoms with E-state index in [2.05, 4.69) is 154 Å². The Hall–Kier alpha value is -5.35. The van der Waals surface area contributed by atoms with Gasteiger partial charge in [0.1, 0.15) is 12.8 Å². The van der Waals surface area contributed by atoms with Crippen LogP contribution < -0.4 is 10.2 Å². The standard InChI is InChI=1S/C46H45N3O/c1-45(2)40(48(5)38-26-18-30-12-7-9-16-36(30)42(38)45)28-20-32-14-11-15-33(44(32)47-34-22-24-35(50)25-23-34)21-29-41-46(3,4)43-37-17-10-8-13-31(37)19-27-39(43)49(41)6/h7-10,12-13,16-29,50H,11,14-15H2,1-6H3/p+1/b32-20+,40-28+. The van der Waals surface area contributed by atoms with Crippen molar-refractivity contribution in [1.82, 2.24) is 0 Å². The van der Waals surface area contributed by atoms with E-state index in [1.807, 2.05) is 12.1 Å². The van der Waals surface area contributed by atoms with Gasteiger partial charge in [0.25, 0.3) is 0 Å². The van der Waals surface area contributed by atoms with Gasteiger partial charge in [-0.05, 0) is 114 Å². The number of phenolic OH excluding ortho intramolecular Hbond substituents is 1. The molecule has 2 N–H and O–H groups in total. The number of anilines is 2. The second kappa shape index (κ2) is 11.9.